The summed E-state index contributed by atoms with van der Waals surface area (Å²) in [6, 6.07) is 6.93. The van der Waals surface area contributed by atoms with Gasteiger partial charge in [-0.1, -0.05) is 18.2 Å². The molecule has 1 aromatic carbocycles. The first kappa shape index (κ1) is 16.5. The number of primary amides is 1. The van der Waals surface area contributed by atoms with Gasteiger partial charge >= 0.3 is 0 Å². The Kier molecular flexibility index (Phi) is 5.32. The Labute approximate surface area is 132 Å². The molecule has 2 aromatic rings. The van der Waals surface area contributed by atoms with Crippen LogP contribution in [0.1, 0.15) is 5.56 Å². The van der Waals surface area contributed by atoms with Crippen LogP contribution in [0.15, 0.2) is 30.5 Å². The van der Waals surface area contributed by atoms with Crippen LogP contribution in [0.4, 0.5) is 0 Å². The fraction of sp³-hybridized carbons (Fsp3) is 0.267. The molecule has 0 aliphatic rings. The zero-order valence-corrected chi connectivity index (χ0v) is 12.5. The van der Waals surface area contributed by atoms with Gasteiger partial charge < -0.3 is 27.1 Å². The van der Waals surface area contributed by atoms with E-state index in [0.29, 0.717) is 6.42 Å². The van der Waals surface area contributed by atoms with Crippen molar-refractivity contribution in [1.82, 2.24) is 15.6 Å². The second kappa shape index (κ2) is 7.41. The van der Waals surface area contributed by atoms with Crippen molar-refractivity contribution in [3.63, 3.8) is 0 Å². The maximum atomic E-state index is 11.9. The Bertz CT molecular complexity index is 725. The van der Waals surface area contributed by atoms with Gasteiger partial charge in [0, 0.05) is 17.1 Å². The number of para-hydroxylation sites is 1. The summed E-state index contributed by atoms with van der Waals surface area (Å²) < 4.78 is 0. The van der Waals surface area contributed by atoms with E-state index in [0.717, 1.165) is 16.5 Å². The maximum Gasteiger partial charge on any atom is 0.239 e. The van der Waals surface area contributed by atoms with Crippen LogP contribution in [0, 0.1) is 0 Å². The van der Waals surface area contributed by atoms with Crippen LogP contribution in [-0.4, -0.2) is 41.8 Å². The number of carbonyl (C=O) groups is 3. The summed E-state index contributed by atoms with van der Waals surface area (Å²) in [6.45, 7) is -0.524. The highest BCUT2D eigenvalue weighted by Crippen LogP contribution is 2.18. The molecule has 0 aliphatic carbocycles. The first-order chi connectivity index (χ1) is 11.0. The van der Waals surface area contributed by atoms with Crippen LogP contribution in [0.3, 0.4) is 0 Å². The van der Waals surface area contributed by atoms with Gasteiger partial charge in [0.05, 0.1) is 19.1 Å². The van der Waals surface area contributed by atoms with Gasteiger partial charge in [0.1, 0.15) is 0 Å². The Hall–Kier alpha value is -2.87. The molecule has 0 bridgehead atoms. The minimum Gasteiger partial charge on any atom is -0.368 e. The highest BCUT2D eigenvalue weighted by atomic mass is 16.2. The summed E-state index contributed by atoms with van der Waals surface area (Å²) in [5.41, 5.74) is 12.7. The highest BCUT2D eigenvalue weighted by Gasteiger charge is 2.16. The number of aromatic nitrogens is 1. The SMILES string of the molecule is NC(=O)CNC(=O)CNC(=O)C(N)Cc1c[nH]c2ccccc12. The van der Waals surface area contributed by atoms with E-state index < -0.39 is 23.8 Å². The molecule has 2 rings (SSSR count). The largest absolute Gasteiger partial charge is 0.368 e. The molecule has 23 heavy (non-hydrogen) atoms. The van der Waals surface area contributed by atoms with E-state index in [9.17, 15) is 14.4 Å². The molecular weight excluding hydrogens is 298 g/mol. The number of nitrogens with one attached hydrogen (secondary N) is 3. The second-order valence-corrected chi connectivity index (χ2v) is 5.13. The molecule has 1 unspecified atom stereocenters. The molecular formula is C15H19N5O3. The zero-order chi connectivity index (χ0) is 16.8. The third-order valence-corrected chi connectivity index (χ3v) is 3.33. The number of H-pyrrole nitrogens is 1. The van der Waals surface area contributed by atoms with Crippen LogP contribution in [0.25, 0.3) is 10.9 Å². The van der Waals surface area contributed by atoms with E-state index in [2.05, 4.69) is 15.6 Å². The molecule has 122 valence electrons. The summed E-state index contributed by atoms with van der Waals surface area (Å²) in [7, 11) is 0. The third kappa shape index (κ3) is 4.55. The number of hydrogen-bond acceptors (Lipinski definition) is 4. The van der Waals surface area contributed by atoms with Gasteiger partial charge in [-0.05, 0) is 18.1 Å². The molecule has 0 spiro atoms. The molecule has 7 N–H and O–H groups in total. The molecule has 0 saturated carbocycles. The first-order valence-electron chi connectivity index (χ1n) is 7.10. The van der Waals surface area contributed by atoms with Gasteiger partial charge in [0.2, 0.25) is 17.7 Å². The van der Waals surface area contributed by atoms with E-state index in [4.69, 9.17) is 11.5 Å². The lowest BCUT2D eigenvalue weighted by atomic mass is 10.1. The molecule has 1 atom stereocenters. The second-order valence-electron chi connectivity index (χ2n) is 5.13. The van der Waals surface area contributed by atoms with E-state index in [1.165, 1.54) is 0 Å². The molecule has 1 aromatic heterocycles. The normalized spacial score (nSPS) is 11.9. The molecule has 0 aliphatic heterocycles. The topological polar surface area (TPSA) is 143 Å². The van der Waals surface area contributed by atoms with Crippen molar-refractivity contribution in [3.8, 4) is 0 Å². The van der Waals surface area contributed by atoms with Crippen molar-refractivity contribution in [1.29, 1.82) is 0 Å². The predicted octanol–water partition coefficient (Wildman–Crippen LogP) is -1.24. The van der Waals surface area contributed by atoms with Crippen molar-refractivity contribution in [2.24, 2.45) is 11.5 Å². The molecule has 0 fully saturated rings. The van der Waals surface area contributed by atoms with Crippen LogP contribution in [0.2, 0.25) is 0 Å². The van der Waals surface area contributed by atoms with Crippen molar-refractivity contribution >= 4 is 28.6 Å². The lowest BCUT2D eigenvalue weighted by molar-refractivity contribution is -0.127. The fourth-order valence-corrected chi connectivity index (χ4v) is 2.18. The smallest absolute Gasteiger partial charge is 0.239 e. The summed E-state index contributed by atoms with van der Waals surface area (Å²) >= 11 is 0. The number of benzene rings is 1. The molecule has 8 heteroatoms. The Morgan fingerprint density at radius 3 is 2.61 bits per heavy atom. The quantitative estimate of drug-likeness (QED) is 0.435. The number of carbonyl (C=O) groups excluding carboxylic acids is 3. The third-order valence-electron chi connectivity index (χ3n) is 3.33. The van der Waals surface area contributed by atoms with E-state index in [-0.39, 0.29) is 13.1 Å². The van der Waals surface area contributed by atoms with Crippen molar-refractivity contribution in [2.75, 3.05) is 13.1 Å². The van der Waals surface area contributed by atoms with Gasteiger partial charge in [0.15, 0.2) is 0 Å². The summed E-state index contributed by atoms with van der Waals surface area (Å²) in [6.07, 6.45) is 2.16. The van der Waals surface area contributed by atoms with E-state index >= 15 is 0 Å². The molecule has 3 amide bonds. The standard InChI is InChI=1S/C15H19N5O3/c16-11(15(23)20-8-14(22)19-7-13(17)21)5-9-6-18-12-4-2-1-3-10(9)12/h1-4,6,11,18H,5,7-8,16H2,(H2,17,21)(H,19,22)(H,20,23). The first-order valence-corrected chi connectivity index (χ1v) is 7.10. The number of rotatable bonds is 7. The number of hydrogen-bond donors (Lipinski definition) is 5. The van der Waals surface area contributed by atoms with Gasteiger partial charge in [-0.25, -0.2) is 0 Å². The maximum absolute atomic E-state index is 11.9. The molecule has 0 radical (unpaired) electrons. The molecule has 1 heterocycles. The Morgan fingerprint density at radius 2 is 1.87 bits per heavy atom. The summed E-state index contributed by atoms with van der Waals surface area (Å²) in [5, 5.41) is 5.71. The number of amides is 3. The van der Waals surface area contributed by atoms with Crippen LogP contribution < -0.4 is 22.1 Å². The van der Waals surface area contributed by atoms with Crippen LogP contribution >= 0.6 is 0 Å². The number of fused-ring (bicyclic) bond motifs is 1. The average molecular weight is 317 g/mol. The van der Waals surface area contributed by atoms with Crippen LogP contribution in [0.5, 0.6) is 0 Å². The fourth-order valence-electron chi connectivity index (χ4n) is 2.18. The van der Waals surface area contributed by atoms with Gasteiger partial charge in [-0.2, -0.15) is 0 Å². The van der Waals surface area contributed by atoms with Crippen molar-refractivity contribution in [3.05, 3.63) is 36.0 Å². The lowest BCUT2D eigenvalue weighted by Crippen LogP contribution is -2.46. The highest BCUT2D eigenvalue weighted by molar-refractivity contribution is 5.90. The monoisotopic (exact) mass is 317 g/mol. The minimum atomic E-state index is -0.779. The number of aromatic amines is 1. The predicted molar refractivity (Wildman–Crippen MR) is 85.2 cm³/mol. The van der Waals surface area contributed by atoms with Gasteiger partial charge in [0.25, 0.3) is 0 Å². The average Bonchev–Trinajstić information content (AvgIpc) is 2.93. The zero-order valence-electron chi connectivity index (χ0n) is 12.5. The van der Waals surface area contributed by atoms with E-state index in [1.807, 2.05) is 30.5 Å². The molecule has 8 nitrogen and oxygen atoms in total. The Balaban J connectivity index is 1.85. The number of nitrogens with two attached hydrogens (primary N) is 2. The van der Waals surface area contributed by atoms with Crippen molar-refractivity contribution in [2.45, 2.75) is 12.5 Å². The van der Waals surface area contributed by atoms with Gasteiger partial charge in [-0.3, -0.25) is 14.4 Å². The summed E-state index contributed by atoms with van der Waals surface area (Å²) in [5.74, 6) is -1.60. The van der Waals surface area contributed by atoms with Gasteiger partial charge in [-0.15, -0.1) is 0 Å². The minimum absolute atomic E-state index is 0.256. The van der Waals surface area contributed by atoms with Crippen molar-refractivity contribution < 1.29 is 14.4 Å². The molecule has 0 saturated heterocycles. The van der Waals surface area contributed by atoms with E-state index in [1.54, 1.807) is 0 Å². The Morgan fingerprint density at radius 1 is 1.13 bits per heavy atom. The lowest BCUT2D eigenvalue weighted by Gasteiger charge is -2.11. The van der Waals surface area contributed by atoms with Crippen LogP contribution in [-0.2, 0) is 20.8 Å². The summed E-state index contributed by atoms with van der Waals surface area (Å²) in [4.78, 5) is 37.0.